The third-order valence-electron chi connectivity index (χ3n) is 2.31. The summed E-state index contributed by atoms with van der Waals surface area (Å²) in [6.45, 7) is 1.22. The third kappa shape index (κ3) is 2.95. The second kappa shape index (κ2) is 5.48. The predicted octanol–water partition coefficient (Wildman–Crippen LogP) is -0.340. The first-order chi connectivity index (χ1) is 7.58. The average Bonchev–Trinajstić information content (AvgIpc) is 2.29. The molecule has 88 valence electrons. The van der Waals surface area contributed by atoms with Crippen LogP contribution in [0.5, 0.6) is 0 Å². The molecule has 0 radical (unpaired) electrons. The Morgan fingerprint density at radius 2 is 2.06 bits per heavy atom. The summed E-state index contributed by atoms with van der Waals surface area (Å²) in [6.07, 6.45) is 0. The van der Waals surface area contributed by atoms with Crippen LogP contribution in [0.2, 0.25) is 0 Å². The highest BCUT2D eigenvalue weighted by atomic mass is 16.3. The first kappa shape index (κ1) is 12.5. The van der Waals surface area contributed by atoms with Crippen LogP contribution in [0.4, 0.5) is 5.69 Å². The van der Waals surface area contributed by atoms with Crippen LogP contribution in [0.3, 0.4) is 0 Å². The van der Waals surface area contributed by atoms with Gasteiger partial charge < -0.3 is 21.3 Å². The van der Waals surface area contributed by atoms with E-state index in [2.05, 4.69) is 5.32 Å². The lowest BCUT2D eigenvalue weighted by molar-refractivity contribution is 0.0879. The van der Waals surface area contributed by atoms with Crippen LogP contribution in [0.1, 0.15) is 15.9 Å². The molecule has 5 N–H and O–H groups in total. The van der Waals surface area contributed by atoms with Gasteiger partial charge in [-0.2, -0.15) is 0 Å². The van der Waals surface area contributed by atoms with Crippen LogP contribution in [0.25, 0.3) is 0 Å². The lowest BCUT2D eigenvalue weighted by Crippen LogP contribution is -2.40. The van der Waals surface area contributed by atoms with E-state index in [4.69, 9.17) is 15.9 Å². The summed E-state index contributed by atoms with van der Waals surface area (Å²) in [7, 11) is 0. The van der Waals surface area contributed by atoms with Crippen LogP contribution in [-0.2, 0) is 0 Å². The minimum Gasteiger partial charge on any atom is -0.399 e. The predicted molar refractivity (Wildman–Crippen MR) is 61.0 cm³/mol. The Hall–Kier alpha value is -1.59. The van der Waals surface area contributed by atoms with Gasteiger partial charge in [0.2, 0.25) is 0 Å². The Morgan fingerprint density at radius 3 is 2.56 bits per heavy atom. The zero-order valence-electron chi connectivity index (χ0n) is 9.10. The molecule has 1 rings (SSSR count). The number of hydrogen-bond acceptors (Lipinski definition) is 4. The highest BCUT2D eigenvalue weighted by Gasteiger charge is 2.12. The maximum atomic E-state index is 11.7. The van der Waals surface area contributed by atoms with Crippen LogP contribution in [0.15, 0.2) is 18.2 Å². The Labute approximate surface area is 93.9 Å². The molecule has 1 aromatic rings. The molecule has 0 atom stereocenters. The molecule has 0 saturated carbocycles. The van der Waals surface area contributed by atoms with Crippen molar-refractivity contribution in [2.75, 3.05) is 18.9 Å². The van der Waals surface area contributed by atoms with Gasteiger partial charge in [0.25, 0.3) is 5.91 Å². The number of amides is 1. The number of carbonyl (C=O) groups is 1. The molecule has 0 bridgehead atoms. The first-order valence-corrected chi connectivity index (χ1v) is 4.97. The molecule has 0 aliphatic heterocycles. The Morgan fingerprint density at radius 1 is 1.44 bits per heavy atom. The fraction of sp³-hybridized carbons (Fsp3) is 0.364. The van der Waals surface area contributed by atoms with Gasteiger partial charge >= 0.3 is 0 Å². The fourth-order valence-electron chi connectivity index (χ4n) is 1.23. The minimum absolute atomic E-state index is 0.295. The molecule has 0 aliphatic carbocycles. The van der Waals surface area contributed by atoms with E-state index in [0.717, 1.165) is 5.56 Å². The van der Waals surface area contributed by atoms with Gasteiger partial charge in [-0.05, 0) is 30.7 Å². The number of anilines is 1. The van der Waals surface area contributed by atoms with Gasteiger partial charge in [-0.1, -0.05) is 0 Å². The van der Waals surface area contributed by atoms with Crippen LogP contribution < -0.4 is 11.1 Å². The summed E-state index contributed by atoms with van der Waals surface area (Å²) < 4.78 is 0. The topological polar surface area (TPSA) is 95.6 Å². The fourth-order valence-corrected chi connectivity index (χ4v) is 1.23. The number of nitrogens with two attached hydrogens (primary N) is 1. The van der Waals surface area contributed by atoms with E-state index >= 15 is 0 Å². The van der Waals surface area contributed by atoms with E-state index in [9.17, 15) is 4.79 Å². The smallest absolute Gasteiger partial charge is 0.251 e. The minimum atomic E-state index is -0.634. The van der Waals surface area contributed by atoms with Crippen LogP contribution in [0, 0.1) is 6.92 Å². The summed E-state index contributed by atoms with van der Waals surface area (Å²) in [5, 5.41) is 20.2. The monoisotopic (exact) mass is 224 g/mol. The van der Waals surface area contributed by atoms with Gasteiger partial charge in [0.15, 0.2) is 0 Å². The van der Waals surface area contributed by atoms with Gasteiger partial charge in [-0.3, -0.25) is 4.79 Å². The summed E-state index contributed by atoms with van der Waals surface area (Å²) in [6, 6.07) is 4.28. The molecule has 0 aromatic heterocycles. The number of nitrogen functional groups attached to an aromatic ring is 1. The lowest BCUT2D eigenvalue weighted by Gasteiger charge is -2.13. The average molecular weight is 224 g/mol. The van der Waals surface area contributed by atoms with Gasteiger partial charge in [0.05, 0.1) is 19.3 Å². The molecule has 0 spiro atoms. The number of aliphatic hydroxyl groups excluding tert-OH is 2. The number of aliphatic hydroxyl groups is 2. The van der Waals surface area contributed by atoms with Crippen molar-refractivity contribution in [1.82, 2.24) is 5.32 Å². The normalized spacial score (nSPS) is 10.5. The quantitative estimate of drug-likeness (QED) is 0.526. The van der Waals surface area contributed by atoms with Crippen molar-refractivity contribution in [1.29, 1.82) is 0 Å². The summed E-state index contributed by atoms with van der Waals surface area (Å²) in [5.41, 5.74) is 7.53. The van der Waals surface area contributed by atoms with Crippen LogP contribution in [-0.4, -0.2) is 35.4 Å². The maximum absolute atomic E-state index is 11.7. The van der Waals surface area contributed by atoms with Crippen molar-refractivity contribution in [2.24, 2.45) is 0 Å². The van der Waals surface area contributed by atoms with E-state index in [1.807, 2.05) is 6.92 Å². The standard InChI is InChI=1S/C11H16N2O3/c1-7-4-8(2-3-10(7)12)11(16)13-9(5-14)6-15/h2-4,9,14-15H,5-6,12H2,1H3,(H,13,16). The van der Waals surface area contributed by atoms with Crippen LogP contribution >= 0.6 is 0 Å². The number of rotatable bonds is 4. The summed E-state index contributed by atoms with van der Waals surface area (Å²) in [5.74, 6) is -0.337. The molecule has 1 amide bonds. The van der Waals surface area contributed by atoms with E-state index in [-0.39, 0.29) is 19.1 Å². The first-order valence-electron chi connectivity index (χ1n) is 4.97. The lowest BCUT2D eigenvalue weighted by atomic mass is 10.1. The van der Waals surface area contributed by atoms with E-state index in [0.29, 0.717) is 11.3 Å². The van der Waals surface area contributed by atoms with Gasteiger partial charge in [0, 0.05) is 11.3 Å². The van der Waals surface area contributed by atoms with Crippen molar-refractivity contribution in [3.63, 3.8) is 0 Å². The SMILES string of the molecule is Cc1cc(C(=O)NC(CO)CO)ccc1N. The van der Waals surface area contributed by atoms with Crippen molar-refractivity contribution >= 4 is 11.6 Å². The molecule has 5 nitrogen and oxygen atoms in total. The molecule has 0 heterocycles. The molecule has 0 aliphatic rings. The van der Waals surface area contributed by atoms with E-state index in [1.54, 1.807) is 18.2 Å². The maximum Gasteiger partial charge on any atom is 0.251 e. The molecule has 0 saturated heterocycles. The molecule has 1 aromatic carbocycles. The molecular weight excluding hydrogens is 208 g/mol. The zero-order chi connectivity index (χ0) is 12.1. The molecule has 16 heavy (non-hydrogen) atoms. The second-order valence-corrected chi connectivity index (χ2v) is 3.61. The number of benzene rings is 1. The Kier molecular flexibility index (Phi) is 4.28. The third-order valence-corrected chi connectivity index (χ3v) is 2.31. The molecule has 0 fully saturated rings. The van der Waals surface area contributed by atoms with Gasteiger partial charge in [-0.15, -0.1) is 0 Å². The number of carbonyl (C=O) groups excluding carboxylic acids is 1. The summed E-state index contributed by atoms with van der Waals surface area (Å²) in [4.78, 5) is 11.7. The van der Waals surface area contributed by atoms with Gasteiger partial charge in [0.1, 0.15) is 0 Å². The molecule has 0 unspecified atom stereocenters. The largest absolute Gasteiger partial charge is 0.399 e. The Bertz CT molecular complexity index is 375. The highest BCUT2D eigenvalue weighted by molar-refractivity contribution is 5.95. The van der Waals surface area contributed by atoms with Crippen molar-refractivity contribution in [3.05, 3.63) is 29.3 Å². The number of aryl methyl sites for hydroxylation is 1. The van der Waals surface area contributed by atoms with Gasteiger partial charge in [-0.25, -0.2) is 0 Å². The second-order valence-electron chi connectivity index (χ2n) is 3.61. The molecule has 5 heteroatoms. The summed E-state index contributed by atoms with van der Waals surface area (Å²) >= 11 is 0. The zero-order valence-corrected chi connectivity index (χ0v) is 9.10. The van der Waals surface area contributed by atoms with E-state index < -0.39 is 6.04 Å². The van der Waals surface area contributed by atoms with E-state index in [1.165, 1.54) is 0 Å². The number of hydrogen-bond donors (Lipinski definition) is 4. The van der Waals surface area contributed by atoms with Crippen molar-refractivity contribution in [3.8, 4) is 0 Å². The highest BCUT2D eigenvalue weighted by Crippen LogP contribution is 2.12. The number of nitrogens with one attached hydrogen (secondary N) is 1. The Balaban J connectivity index is 2.76. The van der Waals surface area contributed by atoms with Crippen molar-refractivity contribution in [2.45, 2.75) is 13.0 Å². The van der Waals surface area contributed by atoms with Crippen molar-refractivity contribution < 1.29 is 15.0 Å². The molecular formula is C11H16N2O3.